The average Bonchev–Trinajstić information content (AvgIpc) is 2.09. The third-order valence-electron chi connectivity index (χ3n) is 2.11. The summed E-state index contributed by atoms with van der Waals surface area (Å²) in [7, 11) is 0. The molecule has 1 rings (SSSR count). The molecule has 3 heteroatoms. The van der Waals surface area contributed by atoms with E-state index >= 15 is 0 Å². The van der Waals surface area contributed by atoms with E-state index in [-0.39, 0.29) is 12.0 Å². The summed E-state index contributed by atoms with van der Waals surface area (Å²) in [5, 5.41) is 2.55. The van der Waals surface area contributed by atoms with Crippen LogP contribution in [0.25, 0.3) is 0 Å². The molecule has 0 aliphatic carbocycles. The largest absolute Gasteiger partial charge is 0.351 e. The summed E-state index contributed by atoms with van der Waals surface area (Å²) >= 11 is 0. The minimum absolute atomic E-state index is 0.00694. The Balaban J connectivity index is 2.64. The van der Waals surface area contributed by atoms with E-state index in [0.29, 0.717) is 0 Å². The minimum atomic E-state index is -1.28. The molecule has 0 aromatic carbocycles. The highest BCUT2D eigenvalue weighted by atomic mass is 19.1. The van der Waals surface area contributed by atoms with Gasteiger partial charge in [0, 0.05) is 12.0 Å². The normalized spacial score (nSPS) is 39.9. The first kappa shape index (κ1) is 7.51. The Kier molecular flexibility index (Phi) is 1.92. The summed E-state index contributed by atoms with van der Waals surface area (Å²) < 4.78 is 12.8. The molecule has 0 saturated carbocycles. The van der Waals surface area contributed by atoms with E-state index in [1.807, 2.05) is 13.8 Å². The Hall–Kier alpha value is -0.600. The second kappa shape index (κ2) is 2.56. The lowest BCUT2D eigenvalue weighted by Gasteiger charge is -2.11. The van der Waals surface area contributed by atoms with Gasteiger partial charge in [0.25, 0.3) is 5.91 Å². The summed E-state index contributed by atoms with van der Waals surface area (Å²) in [6.45, 7) is 3.74. The van der Waals surface area contributed by atoms with Crippen LogP contribution in [-0.2, 0) is 4.79 Å². The lowest BCUT2D eigenvalue weighted by atomic mass is 9.98. The van der Waals surface area contributed by atoms with E-state index in [1.54, 1.807) is 0 Å². The highest BCUT2D eigenvalue weighted by Gasteiger charge is 2.38. The molecule has 1 fully saturated rings. The van der Waals surface area contributed by atoms with Crippen LogP contribution in [0.1, 0.15) is 20.3 Å². The van der Waals surface area contributed by atoms with Gasteiger partial charge in [-0.1, -0.05) is 6.92 Å². The zero-order chi connectivity index (χ0) is 7.72. The Morgan fingerprint density at radius 2 is 2.30 bits per heavy atom. The minimum Gasteiger partial charge on any atom is -0.351 e. The SMILES string of the molecule is CC[C@@H]1C(C)NC(=O)C1F. The maximum Gasteiger partial charge on any atom is 0.255 e. The molecule has 10 heavy (non-hydrogen) atoms. The number of rotatable bonds is 1. The van der Waals surface area contributed by atoms with E-state index in [9.17, 15) is 9.18 Å². The van der Waals surface area contributed by atoms with Gasteiger partial charge < -0.3 is 5.32 Å². The van der Waals surface area contributed by atoms with E-state index in [2.05, 4.69) is 5.32 Å². The number of hydrogen-bond acceptors (Lipinski definition) is 1. The summed E-state index contributed by atoms with van der Waals surface area (Å²) in [5.41, 5.74) is 0. The van der Waals surface area contributed by atoms with Crippen LogP contribution in [0.3, 0.4) is 0 Å². The smallest absolute Gasteiger partial charge is 0.255 e. The molecule has 0 spiro atoms. The summed E-state index contributed by atoms with van der Waals surface area (Å²) in [6.07, 6.45) is -0.554. The quantitative estimate of drug-likeness (QED) is 0.582. The lowest BCUT2D eigenvalue weighted by Crippen LogP contribution is -2.25. The number of halogens is 1. The summed E-state index contributed by atoms with van der Waals surface area (Å²) in [4.78, 5) is 10.7. The van der Waals surface area contributed by atoms with E-state index in [4.69, 9.17) is 0 Å². The van der Waals surface area contributed by atoms with Crippen molar-refractivity contribution in [1.82, 2.24) is 5.32 Å². The van der Waals surface area contributed by atoms with Crippen LogP contribution in [0.5, 0.6) is 0 Å². The Bertz CT molecular complexity index is 149. The van der Waals surface area contributed by atoms with Gasteiger partial charge in [-0.3, -0.25) is 4.79 Å². The Labute approximate surface area is 59.8 Å². The van der Waals surface area contributed by atoms with Crippen molar-refractivity contribution in [2.45, 2.75) is 32.5 Å². The molecule has 1 amide bonds. The maximum atomic E-state index is 12.8. The first-order valence-corrected chi connectivity index (χ1v) is 3.61. The fourth-order valence-corrected chi connectivity index (χ4v) is 1.42. The molecule has 58 valence electrons. The van der Waals surface area contributed by atoms with Gasteiger partial charge in [-0.2, -0.15) is 0 Å². The number of nitrogens with one attached hydrogen (secondary N) is 1. The molecule has 3 atom stereocenters. The van der Waals surface area contributed by atoms with Crippen molar-refractivity contribution in [3.05, 3.63) is 0 Å². The van der Waals surface area contributed by atoms with Crippen molar-refractivity contribution in [3.8, 4) is 0 Å². The molecular formula is C7H12FNO. The van der Waals surface area contributed by atoms with Crippen LogP contribution in [0.2, 0.25) is 0 Å². The molecule has 0 aromatic rings. The predicted octanol–water partition coefficient (Wildman–Crippen LogP) is 0.869. The van der Waals surface area contributed by atoms with Crippen LogP contribution in [-0.4, -0.2) is 18.1 Å². The van der Waals surface area contributed by atoms with Gasteiger partial charge in [0.15, 0.2) is 6.17 Å². The molecule has 0 aromatic heterocycles. The van der Waals surface area contributed by atoms with Crippen molar-refractivity contribution in [2.75, 3.05) is 0 Å². The zero-order valence-electron chi connectivity index (χ0n) is 6.23. The van der Waals surface area contributed by atoms with Gasteiger partial charge in [0.05, 0.1) is 0 Å². The van der Waals surface area contributed by atoms with Crippen LogP contribution < -0.4 is 5.32 Å². The zero-order valence-corrected chi connectivity index (χ0v) is 6.23. The molecule has 2 nitrogen and oxygen atoms in total. The monoisotopic (exact) mass is 145 g/mol. The van der Waals surface area contributed by atoms with Crippen molar-refractivity contribution in [3.63, 3.8) is 0 Å². The predicted molar refractivity (Wildman–Crippen MR) is 36.3 cm³/mol. The van der Waals surface area contributed by atoms with E-state index in [0.717, 1.165) is 6.42 Å². The number of amides is 1. The fraction of sp³-hybridized carbons (Fsp3) is 0.857. The lowest BCUT2D eigenvalue weighted by molar-refractivity contribution is -0.123. The molecule has 2 unspecified atom stereocenters. The maximum absolute atomic E-state index is 12.8. The van der Waals surface area contributed by atoms with Crippen molar-refractivity contribution >= 4 is 5.91 Å². The van der Waals surface area contributed by atoms with E-state index in [1.165, 1.54) is 0 Å². The molecule has 1 aliphatic heterocycles. The summed E-state index contributed by atoms with van der Waals surface area (Å²) in [6, 6.07) is 0.00694. The van der Waals surface area contributed by atoms with Gasteiger partial charge in [-0.05, 0) is 13.3 Å². The average molecular weight is 145 g/mol. The van der Waals surface area contributed by atoms with Crippen LogP contribution in [0.4, 0.5) is 4.39 Å². The van der Waals surface area contributed by atoms with Gasteiger partial charge in [-0.15, -0.1) is 0 Å². The summed E-state index contributed by atoms with van der Waals surface area (Å²) in [5.74, 6) is -0.563. The molecule has 1 aliphatic rings. The van der Waals surface area contributed by atoms with Crippen molar-refractivity contribution in [2.24, 2.45) is 5.92 Å². The van der Waals surface area contributed by atoms with Gasteiger partial charge in [0.1, 0.15) is 0 Å². The first-order chi connectivity index (χ1) is 4.66. The van der Waals surface area contributed by atoms with Gasteiger partial charge in [0.2, 0.25) is 0 Å². The number of hydrogen-bond donors (Lipinski definition) is 1. The fourth-order valence-electron chi connectivity index (χ4n) is 1.42. The number of carbonyl (C=O) groups excluding carboxylic acids is 1. The number of carbonyl (C=O) groups is 1. The van der Waals surface area contributed by atoms with Crippen LogP contribution in [0.15, 0.2) is 0 Å². The van der Waals surface area contributed by atoms with Gasteiger partial charge in [-0.25, -0.2) is 4.39 Å². The highest BCUT2D eigenvalue weighted by molar-refractivity contribution is 5.83. The second-order valence-electron chi connectivity index (χ2n) is 2.77. The highest BCUT2D eigenvalue weighted by Crippen LogP contribution is 2.22. The first-order valence-electron chi connectivity index (χ1n) is 3.61. The third kappa shape index (κ3) is 1.00. The van der Waals surface area contributed by atoms with Crippen molar-refractivity contribution < 1.29 is 9.18 Å². The topological polar surface area (TPSA) is 29.1 Å². The standard InChI is InChI=1S/C7H12FNO/c1-3-5-4(2)9-7(10)6(5)8/h4-6H,3H2,1-2H3,(H,9,10)/t4?,5-,6?/m1/s1. The molecule has 1 N–H and O–H groups in total. The molecule has 1 heterocycles. The van der Waals surface area contributed by atoms with Crippen LogP contribution in [0, 0.1) is 5.92 Å². The number of alkyl halides is 1. The molecular weight excluding hydrogens is 133 g/mol. The van der Waals surface area contributed by atoms with E-state index < -0.39 is 12.1 Å². The molecule has 0 bridgehead atoms. The Morgan fingerprint density at radius 1 is 1.70 bits per heavy atom. The van der Waals surface area contributed by atoms with Crippen LogP contribution >= 0.6 is 0 Å². The van der Waals surface area contributed by atoms with Crippen molar-refractivity contribution in [1.29, 1.82) is 0 Å². The Morgan fingerprint density at radius 3 is 2.50 bits per heavy atom. The molecule has 1 saturated heterocycles. The molecule has 0 radical (unpaired) electrons. The third-order valence-corrected chi connectivity index (χ3v) is 2.11. The van der Waals surface area contributed by atoms with Gasteiger partial charge >= 0.3 is 0 Å². The second-order valence-corrected chi connectivity index (χ2v) is 2.77.